The molecule has 0 fully saturated rings. The van der Waals surface area contributed by atoms with Crippen molar-refractivity contribution < 1.29 is 18.3 Å². The lowest BCUT2D eigenvalue weighted by Gasteiger charge is -2.27. The van der Waals surface area contributed by atoms with Gasteiger partial charge in [-0.25, -0.2) is 8.42 Å². The molecule has 1 N–H and O–H groups in total. The van der Waals surface area contributed by atoms with Crippen LogP contribution in [0.5, 0.6) is 0 Å². The maximum atomic E-state index is 12.8. The van der Waals surface area contributed by atoms with Gasteiger partial charge in [0.25, 0.3) is 0 Å². The molecule has 1 unspecified atom stereocenters. The summed E-state index contributed by atoms with van der Waals surface area (Å²) in [5.74, 6) is 0. The van der Waals surface area contributed by atoms with E-state index in [0.29, 0.717) is 18.7 Å². The van der Waals surface area contributed by atoms with Crippen LogP contribution in [0, 0.1) is 6.92 Å². The summed E-state index contributed by atoms with van der Waals surface area (Å²) in [5, 5.41) is 9.32. The van der Waals surface area contributed by atoms with Gasteiger partial charge in [-0.1, -0.05) is 13.0 Å². The summed E-state index contributed by atoms with van der Waals surface area (Å²) in [6.07, 6.45) is 0.724. The Hall–Kier alpha value is -0.950. The van der Waals surface area contributed by atoms with Crippen LogP contribution in [0.25, 0.3) is 0 Å². The average molecular weight is 315 g/mol. The molecule has 1 aromatic carbocycles. The molecule has 0 aliphatic carbocycles. The Labute approximate surface area is 127 Å². The van der Waals surface area contributed by atoms with Crippen molar-refractivity contribution in [2.45, 2.75) is 44.7 Å². The molecule has 6 heteroatoms. The van der Waals surface area contributed by atoms with Crippen molar-refractivity contribution in [3.05, 3.63) is 29.3 Å². The largest absolute Gasteiger partial charge is 0.392 e. The maximum absolute atomic E-state index is 12.8. The van der Waals surface area contributed by atoms with Crippen LogP contribution in [0.2, 0.25) is 0 Å². The highest BCUT2D eigenvalue weighted by atomic mass is 32.2. The second-order valence-electron chi connectivity index (χ2n) is 5.11. The molecule has 120 valence electrons. The standard InChI is InChI=1S/C15H25NO4S/c1-5-13(3)16(8-9-20-4)21(18,19)15-7-6-12(2)14(10-15)11-17/h6-7,10,13,17H,5,8-9,11H2,1-4H3. The van der Waals surface area contributed by atoms with Gasteiger partial charge in [-0.2, -0.15) is 4.31 Å². The fourth-order valence-electron chi connectivity index (χ4n) is 2.08. The Bertz CT molecular complexity index is 557. The molecule has 0 saturated heterocycles. The van der Waals surface area contributed by atoms with Crippen molar-refractivity contribution in [3.8, 4) is 0 Å². The first-order chi connectivity index (χ1) is 9.88. The first-order valence-electron chi connectivity index (χ1n) is 7.09. The Morgan fingerprint density at radius 2 is 2.05 bits per heavy atom. The number of aliphatic hydroxyl groups excluding tert-OH is 1. The van der Waals surface area contributed by atoms with Gasteiger partial charge in [0, 0.05) is 19.7 Å². The molecule has 0 bridgehead atoms. The van der Waals surface area contributed by atoms with E-state index >= 15 is 0 Å². The lowest BCUT2D eigenvalue weighted by Crippen LogP contribution is -2.40. The molecule has 21 heavy (non-hydrogen) atoms. The lowest BCUT2D eigenvalue weighted by molar-refractivity contribution is 0.167. The quantitative estimate of drug-likeness (QED) is 0.796. The fraction of sp³-hybridized carbons (Fsp3) is 0.600. The molecule has 0 aliphatic heterocycles. The summed E-state index contributed by atoms with van der Waals surface area (Å²) < 4.78 is 32.1. The van der Waals surface area contributed by atoms with Crippen LogP contribution >= 0.6 is 0 Å². The van der Waals surface area contributed by atoms with Crippen LogP contribution in [-0.4, -0.2) is 44.1 Å². The fourth-order valence-corrected chi connectivity index (χ4v) is 3.82. The minimum absolute atomic E-state index is 0.107. The molecule has 0 spiro atoms. The predicted molar refractivity (Wildman–Crippen MR) is 82.6 cm³/mol. The molecule has 0 saturated carbocycles. The highest BCUT2D eigenvalue weighted by Gasteiger charge is 2.28. The van der Waals surface area contributed by atoms with Gasteiger partial charge in [-0.15, -0.1) is 0 Å². The number of nitrogens with zero attached hydrogens (tertiary/aromatic N) is 1. The number of ether oxygens (including phenoxy) is 1. The molecule has 0 heterocycles. The second kappa shape index (κ2) is 7.89. The zero-order chi connectivity index (χ0) is 16.0. The molecule has 0 aromatic heterocycles. The molecule has 1 atom stereocenters. The van der Waals surface area contributed by atoms with Crippen molar-refractivity contribution in [2.24, 2.45) is 0 Å². The summed E-state index contributed by atoms with van der Waals surface area (Å²) in [6, 6.07) is 4.76. The topological polar surface area (TPSA) is 66.8 Å². The summed E-state index contributed by atoms with van der Waals surface area (Å²) in [5.41, 5.74) is 1.51. The third-order valence-corrected chi connectivity index (χ3v) is 5.71. The van der Waals surface area contributed by atoms with Gasteiger partial charge in [0.2, 0.25) is 10.0 Å². The highest BCUT2D eigenvalue weighted by Crippen LogP contribution is 2.22. The number of hydrogen-bond acceptors (Lipinski definition) is 4. The third kappa shape index (κ3) is 4.26. The zero-order valence-electron chi connectivity index (χ0n) is 13.2. The zero-order valence-corrected chi connectivity index (χ0v) is 14.0. The minimum atomic E-state index is -3.59. The van der Waals surface area contributed by atoms with E-state index in [1.54, 1.807) is 25.3 Å². The van der Waals surface area contributed by atoms with Gasteiger partial charge in [-0.05, 0) is 43.5 Å². The molecule has 5 nitrogen and oxygen atoms in total. The van der Waals surface area contributed by atoms with Gasteiger partial charge in [0.05, 0.1) is 18.1 Å². The van der Waals surface area contributed by atoms with Crippen LogP contribution in [0.4, 0.5) is 0 Å². The predicted octanol–water partition coefficient (Wildman–Crippen LogP) is 1.92. The van der Waals surface area contributed by atoms with E-state index in [-0.39, 0.29) is 17.5 Å². The number of hydrogen-bond donors (Lipinski definition) is 1. The molecule has 0 amide bonds. The van der Waals surface area contributed by atoms with Gasteiger partial charge in [0.1, 0.15) is 0 Å². The third-order valence-electron chi connectivity index (χ3n) is 3.70. The highest BCUT2D eigenvalue weighted by molar-refractivity contribution is 7.89. The normalized spacial score (nSPS) is 13.6. The maximum Gasteiger partial charge on any atom is 0.243 e. The number of methoxy groups -OCH3 is 1. The number of aryl methyl sites for hydroxylation is 1. The van der Waals surface area contributed by atoms with Crippen LogP contribution in [0.15, 0.2) is 23.1 Å². The van der Waals surface area contributed by atoms with E-state index in [1.165, 1.54) is 4.31 Å². The van der Waals surface area contributed by atoms with E-state index in [1.807, 2.05) is 20.8 Å². The molecular formula is C15H25NO4S. The Balaban J connectivity index is 3.21. The van der Waals surface area contributed by atoms with Gasteiger partial charge in [0.15, 0.2) is 0 Å². The van der Waals surface area contributed by atoms with E-state index in [0.717, 1.165) is 12.0 Å². The summed E-state index contributed by atoms with van der Waals surface area (Å²) >= 11 is 0. The summed E-state index contributed by atoms with van der Waals surface area (Å²) in [7, 11) is -2.04. The smallest absolute Gasteiger partial charge is 0.243 e. The van der Waals surface area contributed by atoms with Crippen molar-refractivity contribution in [2.75, 3.05) is 20.3 Å². The number of aliphatic hydroxyl groups is 1. The molecular weight excluding hydrogens is 290 g/mol. The monoisotopic (exact) mass is 315 g/mol. The van der Waals surface area contributed by atoms with Crippen molar-refractivity contribution >= 4 is 10.0 Å². The number of rotatable bonds is 8. The second-order valence-corrected chi connectivity index (χ2v) is 7.00. The van der Waals surface area contributed by atoms with Crippen LogP contribution in [0.3, 0.4) is 0 Å². The Kier molecular flexibility index (Phi) is 6.80. The Morgan fingerprint density at radius 1 is 1.38 bits per heavy atom. The van der Waals surface area contributed by atoms with Gasteiger partial charge >= 0.3 is 0 Å². The molecule has 1 aromatic rings. The van der Waals surface area contributed by atoms with Crippen LogP contribution < -0.4 is 0 Å². The van der Waals surface area contributed by atoms with Gasteiger partial charge in [-0.3, -0.25) is 0 Å². The van der Waals surface area contributed by atoms with Crippen molar-refractivity contribution in [3.63, 3.8) is 0 Å². The summed E-state index contributed by atoms with van der Waals surface area (Å²) in [4.78, 5) is 0.216. The summed E-state index contributed by atoms with van der Waals surface area (Å²) in [6.45, 7) is 6.18. The van der Waals surface area contributed by atoms with Crippen LogP contribution in [0.1, 0.15) is 31.4 Å². The van der Waals surface area contributed by atoms with Crippen LogP contribution in [-0.2, 0) is 21.4 Å². The van der Waals surface area contributed by atoms with Gasteiger partial charge < -0.3 is 9.84 Å². The number of sulfonamides is 1. The first-order valence-corrected chi connectivity index (χ1v) is 8.53. The SMILES string of the molecule is CCC(C)N(CCOC)S(=O)(=O)c1ccc(C)c(CO)c1. The number of benzene rings is 1. The minimum Gasteiger partial charge on any atom is -0.392 e. The first kappa shape index (κ1) is 18.1. The Morgan fingerprint density at radius 3 is 2.57 bits per heavy atom. The van der Waals surface area contributed by atoms with Crippen molar-refractivity contribution in [1.82, 2.24) is 4.31 Å². The average Bonchev–Trinajstić information content (AvgIpc) is 2.47. The van der Waals surface area contributed by atoms with E-state index in [2.05, 4.69) is 0 Å². The van der Waals surface area contributed by atoms with E-state index in [9.17, 15) is 13.5 Å². The molecule has 0 radical (unpaired) electrons. The lowest BCUT2D eigenvalue weighted by atomic mass is 10.1. The molecule has 0 aliphatic rings. The van der Waals surface area contributed by atoms with E-state index < -0.39 is 10.0 Å². The van der Waals surface area contributed by atoms with Crippen molar-refractivity contribution in [1.29, 1.82) is 0 Å². The molecule has 1 rings (SSSR count). The van der Waals surface area contributed by atoms with E-state index in [4.69, 9.17) is 4.74 Å².